The van der Waals surface area contributed by atoms with Crippen molar-refractivity contribution in [2.75, 3.05) is 6.54 Å². The maximum Gasteiger partial charge on any atom is 0.269 e. The molecule has 0 unspecified atom stereocenters. The normalized spacial score (nSPS) is 12.7. The Labute approximate surface area is 198 Å². The van der Waals surface area contributed by atoms with Crippen LogP contribution in [0.4, 0.5) is 0 Å². The Bertz CT molecular complexity index is 1290. The molecule has 0 aliphatic rings. The number of thiazole rings is 1. The lowest BCUT2D eigenvalue weighted by atomic mass is 9.91. The number of rotatable bonds is 7. The highest BCUT2D eigenvalue weighted by Gasteiger charge is 2.20. The van der Waals surface area contributed by atoms with Crippen LogP contribution in [0.2, 0.25) is 0 Å². The fraction of sp³-hybridized carbons (Fsp3) is 0.296. The molecule has 1 N–H and O–H groups in total. The first kappa shape index (κ1) is 24.4. The molecule has 5 nitrogen and oxygen atoms in total. The molecule has 0 radical (unpaired) electrons. The molecule has 6 heteroatoms. The molecule has 0 fully saturated rings. The molecule has 0 bridgehead atoms. The van der Waals surface area contributed by atoms with Crippen LogP contribution in [-0.4, -0.2) is 22.8 Å². The Morgan fingerprint density at radius 2 is 1.64 bits per heavy atom. The number of carbonyl (C=O) groups excluding carboxylic acids is 2. The van der Waals surface area contributed by atoms with Gasteiger partial charge in [-0.15, -0.1) is 11.3 Å². The van der Waals surface area contributed by atoms with E-state index in [1.807, 2.05) is 70.2 Å². The standard InChI is InChI=1S/C27H30N2O3S/c1-5-15-28-24(31)18-29-25(17-23(30)27(2,3)4)33-22(26(29)32)16-19-11-13-21(14-12-19)20-9-7-6-8-10-20/h6-14,16-17H,5,15,18H2,1-4H3,(H,28,31). The van der Waals surface area contributed by atoms with E-state index in [4.69, 9.17) is 0 Å². The number of nitrogens with zero attached hydrogens (tertiary/aromatic N) is 1. The van der Waals surface area contributed by atoms with Crippen LogP contribution in [0.3, 0.4) is 0 Å². The third-order valence-electron chi connectivity index (χ3n) is 5.12. The maximum atomic E-state index is 13.2. The Balaban J connectivity index is 2.03. The zero-order valence-electron chi connectivity index (χ0n) is 19.6. The van der Waals surface area contributed by atoms with Crippen molar-refractivity contribution in [3.8, 4) is 11.1 Å². The molecule has 1 heterocycles. The largest absolute Gasteiger partial charge is 0.355 e. The van der Waals surface area contributed by atoms with Crippen LogP contribution in [0.25, 0.3) is 23.3 Å². The van der Waals surface area contributed by atoms with Gasteiger partial charge in [-0.1, -0.05) is 82.3 Å². The van der Waals surface area contributed by atoms with Gasteiger partial charge in [0.05, 0.1) is 4.53 Å². The van der Waals surface area contributed by atoms with Crippen molar-refractivity contribution in [3.63, 3.8) is 0 Å². The molecule has 2 aromatic carbocycles. The van der Waals surface area contributed by atoms with Crippen LogP contribution in [0.15, 0.2) is 59.4 Å². The highest BCUT2D eigenvalue weighted by atomic mass is 32.1. The SMILES string of the molecule is CCCNC(=O)Cn1c(=CC(=O)C(C)(C)C)sc(=Cc2ccc(-c3ccccc3)cc2)c1=O. The first-order chi connectivity index (χ1) is 15.7. The van der Waals surface area contributed by atoms with E-state index in [1.54, 1.807) is 6.08 Å². The molecule has 0 aliphatic carbocycles. The smallest absolute Gasteiger partial charge is 0.269 e. The number of Topliss-reactive ketones (excluding diaryl/α,β-unsaturated/α-hetero) is 1. The van der Waals surface area contributed by atoms with Crippen molar-refractivity contribution in [3.05, 3.63) is 79.7 Å². The van der Waals surface area contributed by atoms with Gasteiger partial charge in [-0.2, -0.15) is 0 Å². The van der Waals surface area contributed by atoms with E-state index >= 15 is 0 Å². The minimum absolute atomic E-state index is 0.0924. The van der Waals surface area contributed by atoms with E-state index < -0.39 is 5.41 Å². The van der Waals surface area contributed by atoms with Gasteiger partial charge in [0.15, 0.2) is 5.78 Å². The van der Waals surface area contributed by atoms with Gasteiger partial charge in [-0.3, -0.25) is 19.0 Å². The summed E-state index contributed by atoms with van der Waals surface area (Å²) in [6, 6.07) is 18.0. The first-order valence-corrected chi connectivity index (χ1v) is 11.9. The van der Waals surface area contributed by atoms with Crippen molar-refractivity contribution in [1.29, 1.82) is 0 Å². The summed E-state index contributed by atoms with van der Waals surface area (Å²) < 4.78 is 2.36. The van der Waals surface area contributed by atoms with E-state index in [9.17, 15) is 14.4 Å². The predicted octanol–water partition coefficient (Wildman–Crippen LogP) is 3.33. The second-order valence-corrected chi connectivity index (χ2v) is 10.00. The molecule has 3 rings (SSSR count). The van der Waals surface area contributed by atoms with Crippen molar-refractivity contribution in [2.45, 2.75) is 40.7 Å². The summed E-state index contributed by atoms with van der Waals surface area (Å²) in [6.07, 6.45) is 4.10. The number of hydrogen-bond donors (Lipinski definition) is 1. The molecule has 0 spiro atoms. The molecule has 0 atom stereocenters. The van der Waals surface area contributed by atoms with E-state index in [2.05, 4.69) is 17.4 Å². The summed E-state index contributed by atoms with van der Waals surface area (Å²) in [6.45, 7) is 7.89. The Kier molecular flexibility index (Phi) is 7.82. The minimum atomic E-state index is -0.577. The number of benzene rings is 2. The van der Waals surface area contributed by atoms with Gasteiger partial charge in [0.25, 0.3) is 5.56 Å². The van der Waals surface area contributed by atoms with Crippen molar-refractivity contribution in [2.24, 2.45) is 5.41 Å². The summed E-state index contributed by atoms with van der Waals surface area (Å²) in [5.74, 6) is -0.335. The van der Waals surface area contributed by atoms with Gasteiger partial charge in [-0.25, -0.2) is 0 Å². The molecule has 3 aromatic rings. The van der Waals surface area contributed by atoms with Gasteiger partial charge in [0.1, 0.15) is 11.2 Å². The van der Waals surface area contributed by atoms with Crippen molar-refractivity contribution >= 4 is 35.2 Å². The van der Waals surface area contributed by atoms with E-state index in [0.717, 1.165) is 23.1 Å². The van der Waals surface area contributed by atoms with Gasteiger partial charge < -0.3 is 5.32 Å². The van der Waals surface area contributed by atoms with Crippen molar-refractivity contribution < 1.29 is 9.59 Å². The average Bonchev–Trinajstić information content (AvgIpc) is 3.07. The van der Waals surface area contributed by atoms with Gasteiger partial charge in [0, 0.05) is 18.0 Å². The highest BCUT2D eigenvalue weighted by Crippen LogP contribution is 2.19. The topological polar surface area (TPSA) is 68.2 Å². The van der Waals surface area contributed by atoms with Gasteiger partial charge in [0.2, 0.25) is 5.91 Å². The Hall–Kier alpha value is -3.25. The van der Waals surface area contributed by atoms with Crippen LogP contribution in [0.5, 0.6) is 0 Å². The maximum absolute atomic E-state index is 13.2. The van der Waals surface area contributed by atoms with E-state index in [-0.39, 0.29) is 23.8 Å². The lowest BCUT2D eigenvalue weighted by Gasteiger charge is -2.12. The second-order valence-electron chi connectivity index (χ2n) is 8.94. The third-order valence-corrected chi connectivity index (χ3v) is 6.18. The summed E-state index contributed by atoms with van der Waals surface area (Å²) >= 11 is 1.23. The molecule has 1 amide bonds. The molecular weight excluding hydrogens is 432 g/mol. The summed E-state index contributed by atoms with van der Waals surface area (Å²) in [7, 11) is 0. The Morgan fingerprint density at radius 3 is 2.24 bits per heavy atom. The van der Waals surface area contributed by atoms with Crippen LogP contribution >= 0.6 is 11.3 Å². The number of ketones is 1. The summed E-state index contributed by atoms with van der Waals surface area (Å²) in [5, 5.41) is 2.80. The predicted molar refractivity (Wildman–Crippen MR) is 136 cm³/mol. The molecule has 0 saturated carbocycles. The number of hydrogen-bond acceptors (Lipinski definition) is 4. The molecule has 33 heavy (non-hydrogen) atoms. The average molecular weight is 463 g/mol. The Morgan fingerprint density at radius 1 is 1.00 bits per heavy atom. The number of nitrogens with one attached hydrogen (secondary N) is 1. The monoisotopic (exact) mass is 462 g/mol. The molecule has 1 aromatic heterocycles. The van der Waals surface area contributed by atoms with E-state index in [0.29, 0.717) is 15.7 Å². The lowest BCUT2D eigenvalue weighted by molar-refractivity contribution is -0.122. The number of amides is 1. The van der Waals surface area contributed by atoms with Crippen LogP contribution in [0.1, 0.15) is 39.7 Å². The van der Waals surface area contributed by atoms with Gasteiger partial charge in [-0.05, 0) is 29.2 Å². The quantitative estimate of drug-likeness (QED) is 0.586. The zero-order valence-corrected chi connectivity index (χ0v) is 20.4. The number of aromatic nitrogens is 1. The fourth-order valence-electron chi connectivity index (χ4n) is 3.14. The minimum Gasteiger partial charge on any atom is -0.355 e. The summed E-state index contributed by atoms with van der Waals surface area (Å²) in [4.78, 5) is 38.1. The second kappa shape index (κ2) is 10.6. The zero-order chi connectivity index (χ0) is 24.0. The van der Waals surface area contributed by atoms with Crippen LogP contribution in [0, 0.1) is 5.41 Å². The van der Waals surface area contributed by atoms with E-state index in [1.165, 1.54) is 22.0 Å². The molecule has 0 aliphatic heterocycles. The molecule has 0 saturated heterocycles. The van der Waals surface area contributed by atoms with Gasteiger partial charge >= 0.3 is 0 Å². The highest BCUT2D eigenvalue weighted by molar-refractivity contribution is 7.07. The first-order valence-electron chi connectivity index (χ1n) is 11.1. The molecular formula is C27H30N2O3S. The number of carbonyl (C=O) groups is 2. The molecule has 172 valence electrons. The lowest BCUT2D eigenvalue weighted by Crippen LogP contribution is -2.38. The van der Waals surface area contributed by atoms with Crippen LogP contribution in [-0.2, 0) is 16.1 Å². The summed E-state index contributed by atoms with van der Waals surface area (Å²) in [5.41, 5.74) is 2.25. The van der Waals surface area contributed by atoms with Crippen LogP contribution < -0.4 is 20.1 Å². The third kappa shape index (κ3) is 6.39. The fourth-order valence-corrected chi connectivity index (χ4v) is 4.18. The van der Waals surface area contributed by atoms with Crippen molar-refractivity contribution in [1.82, 2.24) is 9.88 Å².